The Morgan fingerprint density at radius 3 is 2.45 bits per heavy atom. The lowest BCUT2D eigenvalue weighted by atomic mass is 9.94. The molecule has 2 rings (SSSR count). The molecule has 0 saturated heterocycles. The molecule has 2 aromatic rings. The Labute approximate surface area is 120 Å². The monoisotopic (exact) mass is 271 g/mol. The maximum Gasteiger partial charge on any atom is 0.122 e. The van der Waals surface area contributed by atoms with Gasteiger partial charge in [0.05, 0.1) is 13.2 Å². The Kier molecular flexibility index (Phi) is 4.69. The van der Waals surface area contributed by atoms with Gasteiger partial charge in [-0.1, -0.05) is 13.0 Å². The van der Waals surface area contributed by atoms with Crippen molar-refractivity contribution in [2.75, 3.05) is 13.7 Å². The minimum absolute atomic E-state index is 0.103. The van der Waals surface area contributed by atoms with Crippen LogP contribution >= 0.6 is 0 Å². The van der Waals surface area contributed by atoms with E-state index in [1.807, 2.05) is 12.4 Å². The normalized spacial score (nSPS) is 12.2. The van der Waals surface area contributed by atoms with Gasteiger partial charge in [0.25, 0.3) is 0 Å². The number of benzene rings is 1. The van der Waals surface area contributed by atoms with Crippen molar-refractivity contribution in [3.63, 3.8) is 0 Å². The maximum absolute atomic E-state index is 5.38. The van der Waals surface area contributed by atoms with E-state index in [0.29, 0.717) is 0 Å². The fourth-order valence-corrected chi connectivity index (χ4v) is 2.41. The third-order valence-electron chi connectivity index (χ3n) is 3.42. The number of rotatable bonds is 5. The molecule has 4 heteroatoms. The molecule has 4 nitrogen and oxygen atoms in total. The van der Waals surface area contributed by atoms with E-state index in [-0.39, 0.29) is 6.04 Å². The molecule has 106 valence electrons. The minimum Gasteiger partial charge on any atom is -0.496 e. The quantitative estimate of drug-likeness (QED) is 0.908. The summed E-state index contributed by atoms with van der Waals surface area (Å²) in [6.07, 6.45) is 5.28. The van der Waals surface area contributed by atoms with Crippen molar-refractivity contribution in [2.45, 2.75) is 26.8 Å². The summed E-state index contributed by atoms with van der Waals surface area (Å²) in [7, 11) is 1.70. The standard InChI is InChI=1S/C16H21N3O/c1-5-19-16(13-8-17-10-18-9-13)14-6-12(3)15(20-4)7-11(14)2/h6-10,16,19H,5H2,1-4H3. The highest BCUT2D eigenvalue weighted by atomic mass is 16.5. The molecule has 0 aliphatic rings. The molecule has 1 unspecified atom stereocenters. The summed E-state index contributed by atoms with van der Waals surface area (Å²) in [5.74, 6) is 0.922. The average molecular weight is 271 g/mol. The first kappa shape index (κ1) is 14.5. The van der Waals surface area contributed by atoms with Gasteiger partial charge in [-0.25, -0.2) is 9.97 Å². The lowest BCUT2D eigenvalue weighted by Gasteiger charge is -2.21. The van der Waals surface area contributed by atoms with Crippen LogP contribution in [0.4, 0.5) is 0 Å². The number of aryl methyl sites for hydroxylation is 2. The molecule has 1 atom stereocenters. The maximum atomic E-state index is 5.38. The van der Waals surface area contributed by atoms with Gasteiger partial charge < -0.3 is 10.1 Å². The fraction of sp³-hybridized carbons (Fsp3) is 0.375. The summed E-state index contributed by atoms with van der Waals surface area (Å²) >= 11 is 0. The molecule has 1 N–H and O–H groups in total. The van der Waals surface area contributed by atoms with E-state index >= 15 is 0 Å². The van der Waals surface area contributed by atoms with Crippen LogP contribution in [0, 0.1) is 13.8 Å². The molecule has 0 aliphatic carbocycles. The van der Waals surface area contributed by atoms with Gasteiger partial charge >= 0.3 is 0 Å². The molecule has 0 bridgehead atoms. The number of nitrogens with zero attached hydrogens (tertiary/aromatic N) is 2. The van der Waals surface area contributed by atoms with Crippen LogP contribution in [0.3, 0.4) is 0 Å². The fourth-order valence-electron chi connectivity index (χ4n) is 2.41. The first-order valence-corrected chi connectivity index (χ1v) is 6.80. The topological polar surface area (TPSA) is 47.0 Å². The largest absolute Gasteiger partial charge is 0.496 e. The van der Waals surface area contributed by atoms with Crippen molar-refractivity contribution in [3.8, 4) is 5.75 Å². The Morgan fingerprint density at radius 1 is 1.15 bits per heavy atom. The van der Waals surface area contributed by atoms with Crippen molar-refractivity contribution in [3.05, 3.63) is 53.1 Å². The Hall–Kier alpha value is -1.94. The van der Waals surface area contributed by atoms with Crippen LogP contribution in [0.25, 0.3) is 0 Å². The predicted molar refractivity (Wildman–Crippen MR) is 80.0 cm³/mol. The Morgan fingerprint density at radius 2 is 1.85 bits per heavy atom. The summed E-state index contributed by atoms with van der Waals surface area (Å²) in [5.41, 5.74) is 4.64. The number of methoxy groups -OCH3 is 1. The highest BCUT2D eigenvalue weighted by Gasteiger charge is 2.17. The minimum atomic E-state index is 0.103. The molecule has 20 heavy (non-hydrogen) atoms. The van der Waals surface area contributed by atoms with Gasteiger partial charge in [-0.15, -0.1) is 0 Å². The van der Waals surface area contributed by atoms with Gasteiger partial charge in [-0.3, -0.25) is 0 Å². The molecular formula is C16H21N3O. The van der Waals surface area contributed by atoms with Crippen LogP contribution in [0.1, 0.15) is 35.2 Å². The summed E-state index contributed by atoms with van der Waals surface area (Å²) in [5, 5.41) is 3.50. The molecule has 0 spiro atoms. The summed E-state index contributed by atoms with van der Waals surface area (Å²) in [6.45, 7) is 7.14. The molecule has 0 saturated carbocycles. The number of hydrogen-bond donors (Lipinski definition) is 1. The van der Waals surface area contributed by atoms with E-state index in [1.54, 1.807) is 13.4 Å². The molecule has 0 radical (unpaired) electrons. The summed E-state index contributed by atoms with van der Waals surface area (Å²) < 4.78 is 5.38. The molecule has 1 aromatic heterocycles. The SMILES string of the molecule is CCNC(c1cncnc1)c1cc(C)c(OC)cc1C. The second-order valence-corrected chi connectivity index (χ2v) is 4.84. The number of ether oxygens (including phenoxy) is 1. The number of aromatic nitrogens is 2. The van der Waals surface area contributed by atoms with E-state index in [1.165, 1.54) is 11.1 Å². The van der Waals surface area contributed by atoms with Crippen molar-refractivity contribution in [1.82, 2.24) is 15.3 Å². The lowest BCUT2D eigenvalue weighted by Crippen LogP contribution is -2.23. The van der Waals surface area contributed by atoms with Gasteiger partial charge in [0, 0.05) is 18.0 Å². The zero-order valence-electron chi connectivity index (χ0n) is 12.5. The van der Waals surface area contributed by atoms with Crippen LogP contribution in [0.15, 0.2) is 30.9 Å². The second kappa shape index (κ2) is 6.48. The summed E-state index contributed by atoms with van der Waals surface area (Å²) in [6, 6.07) is 4.36. The molecule has 0 aliphatic heterocycles. The van der Waals surface area contributed by atoms with Crippen molar-refractivity contribution in [2.24, 2.45) is 0 Å². The first-order chi connectivity index (χ1) is 9.67. The highest BCUT2D eigenvalue weighted by molar-refractivity contribution is 5.45. The van der Waals surface area contributed by atoms with Crippen LogP contribution in [-0.4, -0.2) is 23.6 Å². The van der Waals surface area contributed by atoms with E-state index in [9.17, 15) is 0 Å². The lowest BCUT2D eigenvalue weighted by molar-refractivity contribution is 0.411. The van der Waals surface area contributed by atoms with Gasteiger partial charge in [0.15, 0.2) is 0 Å². The first-order valence-electron chi connectivity index (χ1n) is 6.80. The van der Waals surface area contributed by atoms with Crippen molar-refractivity contribution >= 4 is 0 Å². The van der Waals surface area contributed by atoms with E-state index in [4.69, 9.17) is 4.74 Å². The van der Waals surface area contributed by atoms with Gasteiger partial charge in [-0.2, -0.15) is 0 Å². The molecule has 1 aromatic carbocycles. The third kappa shape index (κ3) is 2.96. The van der Waals surface area contributed by atoms with E-state index in [0.717, 1.165) is 23.4 Å². The second-order valence-electron chi connectivity index (χ2n) is 4.84. The van der Waals surface area contributed by atoms with E-state index < -0.39 is 0 Å². The van der Waals surface area contributed by atoms with Crippen molar-refractivity contribution < 1.29 is 4.74 Å². The van der Waals surface area contributed by atoms with Gasteiger partial charge in [0.1, 0.15) is 12.1 Å². The third-order valence-corrected chi connectivity index (χ3v) is 3.42. The Bertz CT molecular complexity index is 569. The van der Waals surface area contributed by atoms with Crippen LogP contribution in [0.5, 0.6) is 5.75 Å². The number of nitrogens with one attached hydrogen (secondary N) is 1. The number of hydrogen-bond acceptors (Lipinski definition) is 4. The molecular weight excluding hydrogens is 250 g/mol. The summed E-state index contributed by atoms with van der Waals surface area (Å²) in [4.78, 5) is 8.25. The van der Waals surface area contributed by atoms with Crippen LogP contribution < -0.4 is 10.1 Å². The molecule has 0 fully saturated rings. The smallest absolute Gasteiger partial charge is 0.122 e. The molecule has 0 amide bonds. The molecule has 1 heterocycles. The van der Waals surface area contributed by atoms with Crippen LogP contribution in [0.2, 0.25) is 0 Å². The highest BCUT2D eigenvalue weighted by Crippen LogP contribution is 2.29. The van der Waals surface area contributed by atoms with Gasteiger partial charge in [-0.05, 0) is 43.1 Å². The Balaban J connectivity index is 2.47. The van der Waals surface area contributed by atoms with Crippen molar-refractivity contribution in [1.29, 1.82) is 0 Å². The average Bonchev–Trinajstić information content (AvgIpc) is 2.48. The predicted octanol–water partition coefficient (Wildman–Crippen LogP) is 2.80. The van der Waals surface area contributed by atoms with Crippen LogP contribution in [-0.2, 0) is 0 Å². The zero-order chi connectivity index (χ0) is 14.5. The van der Waals surface area contributed by atoms with Gasteiger partial charge in [0.2, 0.25) is 0 Å². The van der Waals surface area contributed by atoms with E-state index in [2.05, 4.69) is 48.2 Å². The zero-order valence-corrected chi connectivity index (χ0v) is 12.5.